The van der Waals surface area contributed by atoms with Crippen molar-refractivity contribution in [3.05, 3.63) is 34.2 Å². The van der Waals surface area contributed by atoms with Crippen molar-refractivity contribution in [1.82, 2.24) is 9.62 Å². The minimum Gasteiger partial charge on any atom is -0.351 e. The van der Waals surface area contributed by atoms with Gasteiger partial charge >= 0.3 is 6.03 Å². The number of nitrogens with zero attached hydrogens (tertiary/aromatic N) is 3. The highest BCUT2D eigenvalue weighted by Gasteiger charge is 2.48. The quantitative estimate of drug-likeness (QED) is 0.576. The molecule has 0 aromatic heterocycles. The van der Waals surface area contributed by atoms with Crippen molar-refractivity contribution in [2.75, 3.05) is 25.0 Å². The second-order valence-corrected chi connectivity index (χ2v) is 11.9. The van der Waals surface area contributed by atoms with Gasteiger partial charge in [-0.1, -0.05) is 13.2 Å². The van der Waals surface area contributed by atoms with E-state index >= 15 is 0 Å². The normalized spacial score (nSPS) is 29.4. The van der Waals surface area contributed by atoms with E-state index in [1.165, 1.54) is 15.3 Å². The lowest BCUT2D eigenvalue weighted by Crippen LogP contribution is -2.50. The molecule has 1 aromatic rings. The first kappa shape index (κ1) is 20.3. The van der Waals surface area contributed by atoms with Crippen LogP contribution in [0.25, 0.3) is 6.08 Å². The molecule has 0 unspecified atom stereocenters. The van der Waals surface area contributed by atoms with Crippen LogP contribution in [0.4, 0.5) is 10.5 Å². The van der Waals surface area contributed by atoms with E-state index in [-0.39, 0.29) is 50.6 Å². The molecule has 4 rings (SSSR count). The first-order valence-corrected chi connectivity index (χ1v) is 14.0. The summed E-state index contributed by atoms with van der Waals surface area (Å²) in [6, 6.07) is 2.90. The first-order chi connectivity index (χ1) is 19.7. The van der Waals surface area contributed by atoms with Crippen LogP contribution in [0.5, 0.6) is 0 Å². The zero-order valence-corrected chi connectivity index (χ0v) is 22.3. The molecule has 1 aromatic carbocycles. The summed E-state index contributed by atoms with van der Waals surface area (Å²) in [5, 5.41) is 3.99. The Hall–Kier alpha value is -2.72. The van der Waals surface area contributed by atoms with Crippen LogP contribution in [0.1, 0.15) is 76.7 Å². The predicted molar refractivity (Wildman–Crippen MR) is 147 cm³/mol. The average Bonchev–Trinajstić information content (AvgIpc) is 3.22. The summed E-state index contributed by atoms with van der Waals surface area (Å²) in [5.41, 5.74) is 7.12. The van der Waals surface area contributed by atoms with E-state index in [1.54, 1.807) is 19.2 Å². The fourth-order valence-electron chi connectivity index (χ4n) is 5.33. The maximum absolute atomic E-state index is 13.2. The van der Waals surface area contributed by atoms with E-state index in [4.69, 9.17) is 19.0 Å². The number of carbonyl (C=O) groups excluding carboxylic acids is 2. The second-order valence-electron chi connectivity index (χ2n) is 10.1. The number of nitrogens with one attached hydrogen (secondary N) is 1. The summed E-state index contributed by atoms with van der Waals surface area (Å²) in [6.07, 6.45) is -0.0736. The lowest BCUT2D eigenvalue weighted by atomic mass is 9.80. The van der Waals surface area contributed by atoms with Gasteiger partial charge in [-0.15, -0.1) is 0 Å². The summed E-state index contributed by atoms with van der Waals surface area (Å²) in [4.78, 5) is 30.6. The molecule has 3 amide bonds. The van der Waals surface area contributed by atoms with Crippen LogP contribution in [-0.4, -0.2) is 56.2 Å². The number of aliphatic imine (C=N–C) groups is 1. The van der Waals surface area contributed by atoms with Crippen LogP contribution in [0.3, 0.4) is 0 Å². The Morgan fingerprint density at radius 1 is 1.30 bits per heavy atom. The Balaban J connectivity index is 1.42. The number of anilines is 1. The van der Waals surface area contributed by atoms with Gasteiger partial charge in [0.15, 0.2) is 0 Å². The van der Waals surface area contributed by atoms with Gasteiger partial charge in [-0.3, -0.25) is 14.7 Å². The Morgan fingerprint density at radius 3 is 2.49 bits per heavy atom. The molecule has 2 fully saturated rings. The third-order valence-electron chi connectivity index (χ3n) is 7.76. The Labute approximate surface area is 228 Å². The largest absolute Gasteiger partial charge is 0.351 e. The summed E-state index contributed by atoms with van der Waals surface area (Å²) >= 11 is 0. The molecule has 10 heteroatoms. The summed E-state index contributed by atoms with van der Waals surface area (Å²) < 4.78 is 75.1. The van der Waals surface area contributed by atoms with Crippen LogP contribution in [-0.2, 0) is 14.8 Å². The molecule has 202 valence electrons. The molecule has 0 radical (unpaired) electrons. The maximum Gasteiger partial charge on any atom is 0.318 e. The highest BCUT2D eigenvalue weighted by molar-refractivity contribution is 7.92. The molecule has 1 spiro atoms. The third-order valence-corrected chi connectivity index (χ3v) is 9.33. The fraction of sp³-hybridized carbons (Fsp3) is 0.593. The molecule has 3 N–H and O–H groups in total. The number of benzene rings is 1. The van der Waals surface area contributed by atoms with Crippen LogP contribution in [0.2, 0.25) is 0 Å². The van der Waals surface area contributed by atoms with Crippen LogP contribution in [0, 0.1) is 25.7 Å². The van der Waals surface area contributed by atoms with Gasteiger partial charge < -0.3 is 11.1 Å². The van der Waals surface area contributed by atoms with Gasteiger partial charge in [-0.05, 0) is 93.2 Å². The molecule has 0 bridgehead atoms. The number of carbonyl (C=O) groups is 2. The Bertz CT molecular complexity index is 1440. The number of aryl methyl sites for hydroxylation is 2. The molecular weight excluding hydrogens is 490 g/mol. The molecule has 1 saturated carbocycles. The van der Waals surface area contributed by atoms with E-state index in [9.17, 15) is 18.0 Å². The van der Waals surface area contributed by atoms with Crippen molar-refractivity contribution in [1.29, 1.82) is 0 Å². The monoisotopic (exact) mass is 535 g/mol. The number of sulfonamides is 1. The number of nitrogens with two attached hydrogens (primary N) is 1. The van der Waals surface area contributed by atoms with E-state index in [0.29, 0.717) is 29.9 Å². The zero-order valence-electron chi connectivity index (χ0n) is 27.5. The summed E-state index contributed by atoms with van der Waals surface area (Å²) in [5.74, 6) is -1.85. The molecule has 3 aliphatic rings. The number of hydrogen-bond acceptors (Lipinski definition) is 5. The van der Waals surface area contributed by atoms with Crippen molar-refractivity contribution in [3.63, 3.8) is 0 Å². The number of urea groups is 1. The van der Waals surface area contributed by atoms with Gasteiger partial charge in [0.2, 0.25) is 10.0 Å². The number of primary amides is 1. The number of amidine groups is 1. The molecule has 2 heterocycles. The topological polar surface area (TPSA) is 125 Å². The van der Waals surface area contributed by atoms with Crippen molar-refractivity contribution in [3.8, 4) is 0 Å². The molecular formula is C27H39N5O4S. The van der Waals surface area contributed by atoms with Crippen molar-refractivity contribution in [2.45, 2.75) is 71.1 Å². The summed E-state index contributed by atoms with van der Waals surface area (Å²) in [6.45, 7) is 0.902. The van der Waals surface area contributed by atoms with E-state index < -0.39 is 40.7 Å². The van der Waals surface area contributed by atoms with Gasteiger partial charge in [-0.25, -0.2) is 13.2 Å². The number of piperidine rings is 1. The molecule has 0 atom stereocenters. The highest BCUT2D eigenvalue weighted by Crippen LogP contribution is 2.37. The minimum absolute atomic E-state index is 0.0207. The Morgan fingerprint density at radius 2 is 1.92 bits per heavy atom. The van der Waals surface area contributed by atoms with E-state index in [1.807, 2.05) is 13.8 Å². The predicted octanol–water partition coefficient (Wildman–Crippen LogP) is 3.70. The standard InChI is InChI=1S/C27H39N5O4S/c1-5-20-6-8-21(9-7-20)24-29-25(33)27(30-24)11-13-32(14-12-27)37(35,36)15-10-23-18(2)16-22(17-19(23)3)31(4)26(28)34/h10,15-17,20-21H,5-9,11-14H2,1-4H3,(H2,28,34)(H,29,30,33)/b15-10+/i1D3,5D2,20D. The van der Waals surface area contributed by atoms with Gasteiger partial charge in [0, 0.05) is 45.4 Å². The van der Waals surface area contributed by atoms with Crippen molar-refractivity contribution in [2.24, 2.45) is 22.5 Å². The summed E-state index contributed by atoms with van der Waals surface area (Å²) in [7, 11) is -2.25. The van der Waals surface area contributed by atoms with Crippen LogP contribution < -0.4 is 16.0 Å². The average molecular weight is 536 g/mol. The van der Waals surface area contributed by atoms with E-state index in [2.05, 4.69) is 5.32 Å². The molecule has 2 aliphatic heterocycles. The lowest BCUT2D eigenvalue weighted by molar-refractivity contribution is -0.125. The van der Waals surface area contributed by atoms with Gasteiger partial charge in [0.05, 0.1) is 0 Å². The number of hydrogen-bond donors (Lipinski definition) is 2. The molecule has 1 saturated heterocycles. The first-order valence-electron chi connectivity index (χ1n) is 15.5. The molecule has 1 aliphatic carbocycles. The van der Waals surface area contributed by atoms with Crippen molar-refractivity contribution >= 4 is 39.6 Å². The zero-order chi connectivity index (χ0) is 32.2. The van der Waals surface area contributed by atoms with Crippen LogP contribution >= 0.6 is 0 Å². The fourth-order valence-corrected chi connectivity index (χ4v) is 6.50. The van der Waals surface area contributed by atoms with Gasteiger partial charge in [0.25, 0.3) is 5.91 Å². The smallest absolute Gasteiger partial charge is 0.318 e. The van der Waals surface area contributed by atoms with E-state index in [0.717, 1.165) is 16.5 Å². The Kier molecular flexibility index (Phi) is 5.79. The maximum atomic E-state index is 13.2. The number of rotatable bonds is 6. The van der Waals surface area contributed by atoms with Gasteiger partial charge in [0.1, 0.15) is 11.4 Å². The molecule has 37 heavy (non-hydrogen) atoms. The third kappa shape index (κ3) is 5.60. The van der Waals surface area contributed by atoms with Gasteiger partial charge in [-0.2, -0.15) is 4.31 Å². The SMILES string of the molecule is [2H]C([2H])([2H])C([2H])([2H])C1([2H])CCC(C2=NC3(CCN(S(=O)(=O)/C=C/c4c(C)cc(N(C)C(N)=O)cc4C)CC3)C(=O)N2)CC1. The highest BCUT2D eigenvalue weighted by atomic mass is 32.2. The number of amides is 3. The van der Waals surface area contributed by atoms with Crippen molar-refractivity contribution < 1.29 is 26.2 Å². The second kappa shape index (κ2) is 10.6. The van der Waals surface area contributed by atoms with Crippen LogP contribution in [0.15, 0.2) is 22.5 Å². The lowest BCUT2D eigenvalue weighted by Gasteiger charge is -2.34. The minimum atomic E-state index is -3.81. The molecule has 9 nitrogen and oxygen atoms in total.